The second-order valence-corrected chi connectivity index (χ2v) is 6.07. The van der Waals surface area contributed by atoms with Gasteiger partial charge in [-0.3, -0.25) is 4.79 Å². The molecule has 1 rings (SSSR count). The van der Waals surface area contributed by atoms with Crippen molar-refractivity contribution in [2.45, 2.75) is 19.4 Å². The Hall–Kier alpha value is -0.660. The van der Waals surface area contributed by atoms with Crippen LogP contribution in [0, 0.1) is 5.92 Å². The van der Waals surface area contributed by atoms with E-state index in [0.717, 1.165) is 6.42 Å². The number of carbonyl (C=O) groups excluding carboxylic acids is 1. The standard InChI is InChI=1S/C9H18N2O4S/c1-7(10)8-3-4-11(5-8)16(13,14)6-9(12)15-2/h7-8H,3-6,10H2,1-2H3. The van der Waals surface area contributed by atoms with E-state index in [1.54, 1.807) is 0 Å². The topological polar surface area (TPSA) is 89.7 Å². The van der Waals surface area contributed by atoms with Crippen LogP contribution in [0.2, 0.25) is 0 Å². The minimum atomic E-state index is -3.53. The first-order valence-corrected chi connectivity index (χ1v) is 6.78. The fourth-order valence-corrected chi connectivity index (χ4v) is 3.14. The number of rotatable bonds is 4. The van der Waals surface area contributed by atoms with Crippen LogP contribution in [0.5, 0.6) is 0 Å². The molecule has 0 aromatic carbocycles. The zero-order chi connectivity index (χ0) is 12.3. The summed E-state index contributed by atoms with van der Waals surface area (Å²) in [5.74, 6) is -1.15. The van der Waals surface area contributed by atoms with Gasteiger partial charge in [0.15, 0.2) is 5.75 Å². The van der Waals surface area contributed by atoms with E-state index in [2.05, 4.69) is 4.74 Å². The van der Waals surface area contributed by atoms with Crippen molar-refractivity contribution in [1.82, 2.24) is 4.31 Å². The van der Waals surface area contributed by atoms with Gasteiger partial charge in [0.25, 0.3) is 0 Å². The molecule has 0 radical (unpaired) electrons. The Kier molecular flexibility index (Phi) is 4.28. The lowest BCUT2D eigenvalue weighted by atomic mass is 10.0. The lowest BCUT2D eigenvalue weighted by Gasteiger charge is -2.17. The van der Waals surface area contributed by atoms with E-state index in [9.17, 15) is 13.2 Å². The highest BCUT2D eigenvalue weighted by atomic mass is 32.2. The summed E-state index contributed by atoms with van der Waals surface area (Å²) in [6.07, 6.45) is 0.748. The summed E-state index contributed by atoms with van der Waals surface area (Å²) in [6.45, 7) is 2.70. The molecule has 0 aromatic rings. The van der Waals surface area contributed by atoms with Gasteiger partial charge in [-0.1, -0.05) is 0 Å². The van der Waals surface area contributed by atoms with Crippen molar-refractivity contribution in [2.24, 2.45) is 11.7 Å². The maximum Gasteiger partial charge on any atom is 0.322 e. The van der Waals surface area contributed by atoms with Crippen LogP contribution in [-0.4, -0.2) is 50.7 Å². The first kappa shape index (κ1) is 13.4. The molecule has 1 fully saturated rings. The van der Waals surface area contributed by atoms with Gasteiger partial charge in [-0.2, -0.15) is 0 Å². The largest absolute Gasteiger partial charge is 0.468 e. The summed E-state index contributed by atoms with van der Waals surface area (Å²) in [5.41, 5.74) is 5.72. The van der Waals surface area contributed by atoms with Crippen molar-refractivity contribution in [3.63, 3.8) is 0 Å². The Bertz CT molecular complexity index is 353. The molecule has 94 valence electrons. The molecule has 0 aliphatic carbocycles. The summed E-state index contributed by atoms with van der Waals surface area (Å²) >= 11 is 0. The molecule has 0 spiro atoms. The van der Waals surface area contributed by atoms with Crippen molar-refractivity contribution < 1.29 is 17.9 Å². The number of esters is 1. The zero-order valence-corrected chi connectivity index (χ0v) is 10.4. The van der Waals surface area contributed by atoms with Gasteiger partial charge < -0.3 is 10.5 Å². The first-order chi connectivity index (χ1) is 7.36. The number of nitrogens with zero attached hydrogens (tertiary/aromatic N) is 1. The van der Waals surface area contributed by atoms with Gasteiger partial charge in [0.05, 0.1) is 7.11 Å². The van der Waals surface area contributed by atoms with E-state index in [-0.39, 0.29) is 12.0 Å². The van der Waals surface area contributed by atoms with E-state index >= 15 is 0 Å². The molecule has 1 aliphatic heterocycles. The highest BCUT2D eigenvalue weighted by Crippen LogP contribution is 2.21. The molecule has 1 heterocycles. The second kappa shape index (κ2) is 5.11. The van der Waals surface area contributed by atoms with Crippen molar-refractivity contribution >= 4 is 16.0 Å². The molecular formula is C9H18N2O4S. The Morgan fingerprint density at radius 2 is 2.25 bits per heavy atom. The molecule has 2 N–H and O–H groups in total. The van der Waals surface area contributed by atoms with Crippen LogP contribution in [0.15, 0.2) is 0 Å². The summed E-state index contributed by atoms with van der Waals surface area (Å²) in [7, 11) is -2.36. The van der Waals surface area contributed by atoms with E-state index in [1.807, 2.05) is 6.92 Å². The van der Waals surface area contributed by atoms with Crippen LogP contribution < -0.4 is 5.73 Å². The van der Waals surface area contributed by atoms with Gasteiger partial charge in [0.2, 0.25) is 10.0 Å². The van der Waals surface area contributed by atoms with Gasteiger partial charge >= 0.3 is 5.97 Å². The number of ether oxygens (including phenoxy) is 1. The molecule has 16 heavy (non-hydrogen) atoms. The third-order valence-corrected chi connectivity index (χ3v) is 4.57. The summed E-state index contributed by atoms with van der Waals surface area (Å²) in [5, 5.41) is 0. The fraction of sp³-hybridized carbons (Fsp3) is 0.889. The lowest BCUT2D eigenvalue weighted by molar-refractivity contribution is -0.137. The third-order valence-electron chi connectivity index (χ3n) is 2.85. The predicted octanol–water partition coefficient (Wildman–Crippen LogP) is -0.842. The zero-order valence-electron chi connectivity index (χ0n) is 9.55. The molecule has 0 amide bonds. The van der Waals surface area contributed by atoms with Gasteiger partial charge in [-0.25, -0.2) is 12.7 Å². The average molecular weight is 250 g/mol. The van der Waals surface area contributed by atoms with Gasteiger partial charge in [0.1, 0.15) is 0 Å². The number of hydrogen-bond acceptors (Lipinski definition) is 5. The Morgan fingerprint density at radius 1 is 1.62 bits per heavy atom. The smallest absolute Gasteiger partial charge is 0.322 e. The van der Waals surface area contributed by atoms with Crippen molar-refractivity contribution in [2.75, 3.05) is 26.0 Å². The van der Waals surface area contributed by atoms with Gasteiger partial charge in [-0.15, -0.1) is 0 Å². The molecule has 0 saturated carbocycles. The second-order valence-electron chi connectivity index (χ2n) is 4.10. The number of hydrogen-bond donors (Lipinski definition) is 1. The van der Waals surface area contributed by atoms with E-state index in [1.165, 1.54) is 11.4 Å². The molecule has 1 aliphatic rings. The number of methoxy groups -OCH3 is 1. The van der Waals surface area contributed by atoms with Gasteiger partial charge in [0, 0.05) is 19.1 Å². The van der Waals surface area contributed by atoms with Crippen LogP contribution in [0.4, 0.5) is 0 Å². The minimum Gasteiger partial charge on any atom is -0.468 e. The number of carbonyl (C=O) groups is 1. The monoisotopic (exact) mass is 250 g/mol. The molecular weight excluding hydrogens is 232 g/mol. The molecule has 0 aromatic heterocycles. The quantitative estimate of drug-likeness (QED) is 0.657. The Labute approximate surface area is 95.8 Å². The Balaban J connectivity index is 2.62. The summed E-state index contributed by atoms with van der Waals surface area (Å²) in [6, 6.07) is -0.0293. The highest BCUT2D eigenvalue weighted by molar-refractivity contribution is 7.89. The van der Waals surface area contributed by atoms with Crippen molar-refractivity contribution in [3.8, 4) is 0 Å². The lowest BCUT2D eigenvalue weighted by Crippen LogP contribution is -2.36. The molecule has 1 saturated heterocycles. The van der Waals surface area contributed by atoms with Crippen LogP contribution in [0.25, 0.3) is 0 Å². The van der Waals surface area contributed by atoms with E-state index in [4.69, 9.17) is 5.73 Å². The number of sulfonamides is 1. The molecule has 6 nitrogen and oxygen atoms in total. The van der Waals surface area contributed by atoms with Crippen LogP contribution in [-0.2, 0) is 19.6 Å². The third kappa shape index (κ3) is 3.16. The normalized spacial score (nSPS) is 24.3. The van der Waals surface area contributed by atoms with Crippen LogP contribution in [0.1, 0.15) is 13.3 Å². The fourth-order valence-electron chi connectivity index (χ4n) is 1.73. The SMILES string of the molecule is COC(=O)CS(=O)(=O)N1CCC(C(C)N)C1. The van der Waals surface area contributed by atoms with Crippen LogP contribution >= 0.6 is 0 Å². The maximum absolute atomic E-state index is 11.8. The summed E-state index contributed by atoms with van der Waals surface area (Å²) < 4.78 is 29.2. The maximum atomic E-state index is 11.8. The van der Waals surface area contributed by atoms with E-state index < -0.39 is 21.7 Å². The number of nitrogens with two attached hydrogens (primary N) is 1. The molecule has 2 atom stereocenters. The Morgan fingerprint density at radius 3 is 2.69 bits per heavy atom. The highest BCUT2D eigenvalue weighted by Gasteiger charge is 2.34. The van der Waals surface area contributed by atoms with E-state index in [0.29, 0.717) is 13.1 Å². The molecule has 2 unspecified atom stereocenters. The molecule has 0 bridgehead atoms. The minimum absolute atomic E-state index is 0.0293. The van der Waals surface area contributed by atoms with Crippen LogP contribution in [0.3, 0.4) is 0 Å². The van der Waals surface area contributed by atoms with Crippen molar-refractivity contribution in [1.29, 1.82) is 0 Å². The summed E-state index contributed by atoms with van der Waals surface area (Å²) in [4.78, 5) is 10.9. The van der Waals surface area contributed by atoms with Crippen molar-refractivity contribution in [3.05, 3.63) is 0 Å². The average Bonchev–Trinajstić information content (AvgIpc) is 2.66. The first-order valence-electron chi connectivity index (χ1n) is 5.17. The molecule has 7 heteroatoms. The predicted molar refractivity (Wildman–Crippen MR) is 59.1 cm³/mol. The van der Waals surface area contributed by atoms with Gasteiger partial charge in [-0.05, 0) is 19.3 Å².